The fourth-order valence-electron chi connectivity index (χ4n) is 3.59. The molecule has 0 aliphatic carbocycles. The fourth-order valence-corrected chi connectivity index (χ4v) is 3.59. The Morgan fingerprint density at radius 1 is 1.42 bits per heavy atom. The Hall–Kier alpha value is -0.870. The molecule has 4 heteroatoms. The molecule has 1 atom stereocenters. The van der Waals surface area contributed by atoms with Crippen molar-refractivity contribution in [2.75, 3.05) is 13.2 Å². The minimum Gasteiger partial charge on any atom is -0.375 e. The summed E-state index contributed by atoms with van der Waals surface area (Å²) in [6.07, 6.45) is 4.13. The van der Waals surface area contributed by atoms with Crippen LogP contribution in [0.2, 0.25) is 0 Å². The first-order chi connectivity index (χ1) is 9.03. The van der Waals surface area contributed by atoms with E-state index in [1.54, 1.807) is 0 Å². The van der Waals surface area contributed by atoms with E-state index in [1.165, 1.54) is 11.3 Å². The molecule has 106 valence electrons. The Labute approximate surface area is 115 Å². The lowest BCUT2D eigenvalue weighted by Gasteiger charge is -2.54. The summed E-state index contributed by atoms with van der Waals surface area (Å²) in [5, 5.41) is 4.57. The first-order valence-electron chi connectivity index (χ1n) is 7.34. The second-order valence-electron chi connectivity index (χ2n) is 6.41. The molecule has 0 bridgehead atoms. The van der Waals surface area contributed by atoms with Crippen LogP contribution in [0.1, 0.15) is 44.9 Å². The van der Waals surface area contributed by atoms with Crippen LogP contribution in [0.15, 0.2) is 6.20 Å². The molecule has 2 aliphatic rings. The standard InChI is InChI=1S/C15H24N2O2/c1-5-6-15(11(2)3)13-12(4)7-16-17(13)8-14(19-15)9-18-10-14/h7,11H,5-6,8-10H2,1-4H3. The number of hydrogen-bond acceptors (Lipinski definition) is 3. The summed E-state index contributed by atoms with van der Waals surface area (Å²) in [4.78, 5) is 0. The number of aromatic nitrogens is 2. The van der Waals surface area contributed by atoms with Gasteiger partial charge in [0.2, 0.25) is 0 Å². The van der Waals surface area contributed by atoms with Crippen molar-refractivity contribution in [2.45, 2.75) is 58.3 Å². The van der Waals surface area contributed by atoms with E-state index < -0.39 is 0 Å². The van der Waals surface area contributed by atoms with E-state index in [4.69, 9.17) is 9.47 Å². The Morgan fingerprint density at radius 3 is 2.68 bits per heavy atom. The molecule has 0 radical (unpaired) electrons. The van der Waals surface area contributed by atoms with Crippen molar-refractivity contribution in [1.29, 1.82) is 0 Å². The van der Waals surface area contributed by atoms with Gasteiger partial charge in [-0.25, -0.2) is 0 Å². The zero-order valence-electron chi connectivity index (χ0n) is 12.4. The van der Waals surface area contributed by atoms with E-state index in [2.05, 4.69) is 37.5 Å². The van der Waals surface area contributed by atoms with E-state index >= 15 is 0 Å². The van der Waals surface area contributed by atoms with E-state index in [9.17, 15) is 0 Å². The number of hydrogen-bond donors (Lipinski definition) is 0. The topological polar surface area (TPSA) is 36.3 Å². The summed E-state index contributed by atoms with van der Waals surface area (Å²) >= 11 is 0. The molecular weight excluding hydrogens is 240 g/mol. The molecule has 3 rings (SSSR count). The molecule has 2 aliphatic heterocycles. The van der Waals surface area contributed by atoms with E-state index in [0.717, 1.165) is 19.4 Å². The summed E-state index contributed by atoms with van der Waals surface area (Å²) in [7, 11) is 0. The summed E-state index contributed by atoms with van der Waals surface area (Å²) in [5.41, 5.74) is 2.17. The summed E-state index contributed by atoms with van der Waals surface area (Å²) in [6.45, 7) is 11.1. The van der Waals surface area contributed by atoms with Crippen LogP contribution >= 0.6 is 0 Å². The van der Waals surface area contributed by atoms with Crippen LogP contribution in [0.3, 0.4) is 0 Å². The molecule has 4 nitrogen and oxygen atoms in total. The van der Waals surface area contributed by atoms with Gasteiger partial charge in [0, 0.05) is 0 Å². The SMILES string of the molecule is CCCC1(C(C)C)OC2(COC2)Cn2ncc(C)c21. The molecule has 3 heterocycles. The number of fused-ring (bicyclic) bond motifs is 1. The highest BCUT2D eigenvalue weighted by Gasteiger charge is 2.54. The average molecular weight is 264 g/mol. The van der Waals surface area contributed by atoms with Crippen LogP contribution in [0, 0.1) is 12.8 Å². The molecule has 0 saturated carbocycles. The van der Waals surface area contributed by atoms with Gasteiger partial charge in [-0.3, -0.25) is 4.68 Å². The number of nitrogens with zero attached hydrogens (tertiary/aromatic N) is 2. The second-order valence-corrected chi connectivity index (χ2v) is 6.41. The Morgan fingerprint density at radius 2 is 2.16 bits per heavy atom. The zero-order valence-corrected chi connectivity index (χ0v) is 12.4. The van der Waals surface area contributed by atoms with Crippen molar-refractivity contribution in [3.63, 3.8) is 0 Å². The molecule has 1 spiro atoms. The van der Waals surface area contributed by atoms with Crippen LogP contribution in [-0.4, -0.2) is 28.6 Å². The van der Waals surface area contributed by atoms with Crippen molar-refractivity contribution >= 4 is 0 Å². The third-order valence-electron chi connectivity index (χ3n) is 4.54. The van der Waals surface area contributed by atoms with Crippen molar-refractivity contribution < 1.29 is 9.47 Å². The molecule has 1 unspecified atom stereocenters. The minimum atomic E-state index is -0.211. The maximum atomic E-state index is 6.68. The summed E-state index contributed by atoms with van der Waals surface area (Å²) < 4.78 is 14.3. The fraction of sp³-hybridized carbons (Fsp3) is 0.800. The number of aryl methyl sites for hydroxylation is 1. The Bertz CT molecular complexity index is 476. The van der Waals surface area contributed by atoms with Crippen molar-refractivity contribution in [3.05, 3.63) is 17.5 Å². The quantitative estimate of drug-likeness (QED) is 0.842. The molecule has 0 N–H and O–H groups in total. The van der Waals surface area contributed by atoms with Crippen LogP contribution in [0.25, 0.3) is 0 Å². The van der Waals surface area contributed by atoms with Gasteiger partial charge < -0.3 is 9.47 Å². The van der Waals surface area contributed by atoms with Gasteiger partial charge in [0.25, 0.3) is 0 Å². The summed E-state index contributed by atoms with van der Waals surface area (Å²) in [5.74, 6) is 0.430. The third kappa shape index (κ3) is 1.77. The molecule has 19 heavy (non-hydrogen) atoms. The van der Waals surface area contributed by atoms with E-state index in [-0.39, 0.29) is 11.2 Å². The van der Waals surface area contributed by atoms with Crippen LogP contribution in [-0.2, 0) is 21.6 Å². The van der Waals surface area contributed by atoms with Crippen LogP contribution in [0.5, 0.6) is 0 Å². The highest BCUT2D eigenvalue weighted by molar-refractivity contribution is 5.27. The highest BCUT2D eigenvalue weighted by atomic mass is 16.6. The molecule has 0 aromatic carbocycles. The minimum absolute atomic E-state index is 0.148. The average Bonchev–Trinajstić information content (AvgIpc) is 2.69. The molecule has 1 aromatic rings. The lowest BCUT2D eigenvalue weighted by atomic mass is 9.78. The largest absolute Gasteiger partial charge is 0.375 e. The van der Waals surface area contributed by atoms with Gasteiger partial charge in [-0.05, 0) is 24.8 Å². The maximum absolute atomic E-state index is 6.68. The summed E-state index contributed by atoms with van der Waals surface area (Å²) in [6, 6.07) is 0. The van der Waals surface area contributed by atoms with Crippen LogP contribution < -0.4 is 0 Å². The first-order valence-corrected chi connectivity index (χ1v) is 7.34. The van der Waals surface area contributed by atoms with Crippen molar-refractivity contribution in [1.82, 2.24) is 9.78 Å². The number of ether oxygens (including phenoxy) is 2. The highest BCUT2D eigenvalue weighted by Crippen LogP contribution is 2.48. The molecule has 1 saturated heterocycles. The molecular formula is C15H24N2O2. The second kappa shape index (κ2) is 4.32. The first kappa shape index (κ1) is 13.1. The van der Waals surface area contributed by atoms with E-state index in [0.29, 0.717) is 19.1 Å². The van der Waals surface area contributed by atoms with Crippen molar-refractivity contribution in [2.24, 2.45) is 5.92 Å². The van der Waals surface area contributed by atoms with Crippen LogP contribution in [0.4, 0.5) is 0 Å². The molecule has 1 aromatic heterocycles. The lowest BCUT2D eigenvalue weighted by Crippen LogP contribution is -2.63. The molecule has 0 amide bonds. The molecule has 1 fully saturated rings. The monoisotopic (exact) mass is 264 g/mol. The van der Waals surface area contributed by atoms with Gasteiger partial charge in [-0.1, -0.05) is 27.2 Å². The van der Waals surface area contributed by atoms with Gasteiger partial charge >= 0.3 is 0 Å². The van der Waals surface area contributed by atoms with E-state index in [1.807, 2.05) is 6.20 Å². The van der Waals surface area contributed by atoms with Gasteiger partial charge in [0.05, 0.1) is 31.6 Å². The zero-order chi connectivity index (χ0) is 13.7. The van der Waals surface area contributed by atoms with Gasteiger partial charge in [0.1, 0.15) is 11.2 Å². The smallest absolute Gasteiger partial charge is 0.135 e. The van der Waals surface area contributed by atoms with Gasteiger partial charge in [-0.15, -0.1) is 0 Å². The van der Waals surface area contributed by atoms with Gasteiger partial charge in [-0.2, -0.15) is 5.10 Å². The predicted molar refractivity (Wildman–Crippen MR) is 73.0 cm³/mol. The lowest BCUT2D eigenvalue weighted by molar-refractivity contribution is -0.299. The predicted octanol–water partition coefficient (Wildman–Crippen LogP) is 2.64. The maximum Gasteiger partial charge on any atom is 0.135 e. The normalized spacial score (nSPS) is 28.5. The van der Waals surface area contributed by atoms with Crippen molar-refractivity contribution in [3.8, 4) is 0 Å². The Kier molecular flexibility index (Phi) is 2.98. The van der Waals surface area contributed by atoms with Gasteiger partial charge in [0.15, 0.2) is 0 Å². The Balaban J connectivity index is 2.12. The number of rotatable bonds is 3. The third-order valence-corrected chi connectivity index (χ3v) is 4.54.